The van der Waals surface area contributed by atoms with Gasteiger partial charge in [-0.2, -0.15) is 0 Å². The molecule has 0 spiro atoms. The summed E-state index contributed by atoms with van der Waals surface area (Å²) in [5, 5.41) is 0.236. The Kier molecular flexibility index (Phi) is 13.4. The number of benzene rings is 2. The van der Waals surface area contributed by atoms with Gasteiger partial charge in [-0.3, -0.25) is 9.69 Å². The van der Waals surface area contributed by atoms with Crippen LogP contribution < -0.4 is 0 Å². The summed E-state index contributed by atoms with van der Waals surface area (Å²) in [6, 6.07) is 20.0. The van der Waals surface area contributed by atoms with Crippen molar-refractivity contribution in [2.45, 2.75) is 122 Å². The topological polar surface area (TPSA) is 48.0 Å². The second kappa shape index (κ2) is 17.2. The number of amides is 1. The van der Waals surface area contributed by atoms with Crippen LogP contribution in [0.25, 0.3) is 0 Å². The predicted molar refractivity (Wildman–Crippen MR) is 182 cm³/mol. The van der Waals surface area contributed by atoms with E-state index in [2.05, 4.69) is 45.0 Å². The second-order valence-electron chi connectivity index (χ2n) is 12.7. The summed E-state index contributed by atoms with van der Waals surface area (Å²) in [4.78, 5) is 15.3. The lowest BCUT2D eigenvalue weighted by atomic mass is 9.75. The number of nitrogens with zero attached hydrogens (tertiary/aromatic N) is 1. The van der Waals surface area contributed by atoms with E-state index in [1.165, 1.54) is 44.9 Å². The second-order valence-corrected chi connectivity index (χ2v) is 13.1. The average Bonchev–Trinajstić information content (AvgIpc) is 3.64. The minimum absolute atomic E-state index is 0.105. The molecule has 1 atom stereocenters. The summed E-state index contributed by atoms with van der Waals surface area (Å²) in [5.41, 5.74) is 1.13. The summed E-state index contributed by atoms with van der Waals surface area (Å²) in [5.74, 6) is -0.339. The van der Waals surface area contributed by atoms with Gasteiger partial charge in [-0.25, -0.2) is 0 Å². The van der Waals surface area contributed by atoms with E-state index in [1.54, 1.807) is 11.0 Å². The molecule has 0 radical (unpaired) electrons. The van der Waals surface area contributed by atoms with E-state index < -0.39 is 5.60 Å². The van der Waals surface area contributed by atoms with E-state index in [4.69, 9.17) is 26.4 Å². The highest BCUT2D eigenvalue weighted by Crippen LogP contribution is 2.47. The van der Waals surface area contributed by atoms with E-state index >= 15 is 0 Å². The molecule has 0 aliphatic carbocycles. The summed E-state index contributed by atoms with van der Waals surface area (Å²) < 4.78 is 18.7. The van der Waals surface area contributed by atoms with Crippen molar-refractivity contribution in [2.24, 2.45) is 5.92 Å². The molecule has 1 amide bonds. The number of carbonyl (C=O) groups is 1. The Hall–Kier alpha value is -2.54. The first-order valence-electron chi connectivity index (χ1n) is 17.1. The van der Waals surface area contributed by atoms with Crippen molar-refractivity contribution in [3.63, 3.8) is 0 Å². The molecule has 2 heterocycles. The molecule has 44 heavy (non-hydrogen) atoms. The van der Waals surface area contributed by atoms with Gasteiger partial charge >= 0.3 is 0 Å². The smallest absolute Gasteiger partial charge is 0.268 e. The Morgan fingerprint density at radius 1 is 0.841 bits per heavy atom. The van der Waals surface area contributed by atoms with Crippen LogP contribution in [0.4, 0.5) is 0 Å². The van der Waals surface area contributed by atoms with Gasteiger partial charge in [0.25, 0.3) is 11.1 Å². The molecule has 5 nitrogen and oxygen atoms in total. The standard InChI is InChI=1S/C38H53NO4S/c1-4-5-6-11-20-27-37(41-29-30-42-37)28-21-12-9-7-8-10-19-26-34(40)39-35(31(2)3)38(43-36(39)44,32-22-15-13-16-23-32)33-24-17-14-18-25-33/h13-19,22-26,31,35H,4-12,20-21,27-30H2,1-3H3/b26-19+/t35-/m0/s1. The number of hydrogen-bond donors (Lipinski definition) is 0. The quantitative estimate of drug-likeness (QED) is 0.0945. The van der Waals surface area contributed by atoms with Gasteiger partial charge in [0.15, 0.2) is 11.4 Å². The van der Waals surface area contributed by atoms with Crippen LogP contribution in [0.15, 0.2) is 72.8 Å². The van der Waals surface area contributed by atoms with Crippen LogP contribution in [0.5, 0.6) is 0 Å². The van der Waals surface area contributed by atoms with Crippen LogP contribution in [0, 0.1) is 5.92 Å². The monoisotopic (exact) mass is 619 g/mol. The van der Waals surface area contributed by atoms with Crippen molar-refractivity contribution < 1.29 is 19.0 Å². The third kappa shape index (κ3) is 8.58. The fourth-order valence-electron chi connectivity index (χ4n) is 6.89. The summed E-state index contributed by atoms with van der Waals surface area (Å²) in [6.45, 7) is 7.97. The van der Waals surface area contributed by atoms with Gasteiger partial charge in [0, 0.05) is 24.0 Å². The van der Waals surface area contributed by atoms with Crippen LogP contribution in [0.2, 0.25) is 0 Å². The van der Waals surface area contributed by atoms with Crippen molar-refractivity contribution in [1.29, 1.82) is 0 Å². The zero-order chi connectivity index (χ0) is 31.3. The number of hydrogen-bond acceptors (Lipinski definition) is 5. The van der Waals surface area contributed by atoms with E-state index in [1.807, 2.05) is 42.5 Å². The number of allylic oxidation sites excluding steroid dienone is 1. The van der Waals surface area contributed by atoms with Crippen molar-refractivity contribution in [2.75, 3.05) is 13.2 Å². The Labute approximate surface area is 271 Å². The molecule has 6 heteroatoms. The first kappa shape index (κ1) is 34.3. The maximum absolute atomic E-state index is 13.6. The first-order valence-corrected chi connectivity index (χ1v) is 17.5. The molecule has 2 aliphatic rings. The van der Waals surface area contributed by atoms with Gasteiger partial charge in [0.2, 0.25) is 0 Å². The zero-order valence-corrected chi connectivity index (χ0v) is 28.0. The summed E-state index contributed by atoms with van der Waals surface area (Å²) >= 11 is 5.74. The highest BCUT2D eigenvalue weighted by atomic mass is 32.1. The maximum atomic E-state index is 13.6. The van der Waals surface area contributed by atoms with Gasteiger partial charge in [-0.1, -0.05) is 132 Å². The third-order valence-corrected chi connectivity index (χ3v) is 9.36. The van der Waals surface area contributed by atoms with Gasteiger partial charge in [-0.05, 0) is 49.9 Å². The van der Waals surface area contributed by atoms with Crippen LogP contribution in [0.3, 0.4) is 0 Å². The largest absolute Gasteiger partial charge is 0.452 e. The fourth-order valence-corrected chi connectivity index (χ4v) is 7.23. The Morgan fingerprint density at radius 2 is 1.36 bits per heavy atom. The van der Waals surface area contributed by atoms with Gasteiger partial charge in [0.05, 0.1) is 19.3 Å². The Bertz CT molecular complexity index is 1140. The third-order valence-electron chi connectivity index (χ3n) is 9.08. The Balaban J connectivity index is 1.26. The number of unbranched alkanes of at least 4 members (excludes halogenated alkanes) is 9. The molecule has 0 N–H and O–H groups in total. The molecule has 2 fully saturated rings. The number of ether oxygens (including phenoxy) is 3. The van der Waals surface area contributed by atoms with E-state index in [0.29, 0.717) is 0 Å². The molecule has 2 saturated heterocycles. The fraction of sp³-hybridized carbons (Fsp3) is 0.579. The zero-order valence-electron chi connectivity index (χ0n) is 27.2. The van der Waals surface area contributed by atoms with Crippen LogP contribution in [0.1, 0.15) is 115 Å². The number of thiocarbonyl (C=S) groups is 1. The van der Waals surface area contributed by atoms with Crippen LogP contribution >= 0.6 is 12.2 Å². The Morgan fingerprint density at radius 3 is 1.91 bits per heavy atom. The molecule has 0 unspecified atom stereocenters. The van der Waals surface area contributed by atoms with E-state index in [0.717, 1.165) is 62.9 Å². The molecule has 2 aromatic carbocycles. The maximum Gasteiger partial charge on any atom is 0.268 e. The van der Waals surface area contributed by atoms with Crippen LogP contribution in [-0.2, 0) is 24.6 Å². The highest BCUT2D eigenvalue weighted by molar-refractivity contribution is 7.80. The van der Waals surface area contributed by atoms with Gasteiger partial charge in [0.1, 0.15) is 0 Å². The molecule has 0 aromatic heterocycles. The molecule has 2 aliphatic heterocycles. The van der Waals surface area contributed by atoms with Crippen molar-refractivity contribution in [3.8, 4) is 0 Å². The number of carbonyl (C=O) groups excluding carboxylic acids is 1. The average molecular weight is 620 g/mol. The molecule has 2 aromatic rings. The minimum Gasteiger partial charge on any atom is -0.452 e. The molecule has 0 bridgehead atoms. The van der Waals surface area contributed by atoms with E-state index in [9.17, 15) is 4.79 Å². The lowest BCUT2D eigenvalue weighted by Gasteiger charge is -2.37. The summed E-state index contributed by atoms with van der Waals surface area (Å²) in [7, 11) is 0. The molecule has 0 saturated carbocycles. The minimum atomic E-state index is -0.862. The van der Waals surface area contributed by atoms with Gasteiger partial charge in [-0.15, -0.1) is 0 Å². The van der Waals surface area contributed by atoms with Crippen LogP contribution in [-0.4, -0.2) is 41.0 Å². The van der Waals surface area contributed by atoms with Crippen molar-refractivity contribution in [3.05, 3.63) is 83.9 Å². The normalized spacial score (nSPS) is 19.2. The SMILES string of the molecule is CCCCCCCC1(CCCCCCC/C=C/C(=O)N2C(=S)OC(c3ccccc3)(c3ccccc3)[C@@H]2C(C)C)OCCO1. The van der Waals surface area contributed by atoms with E-state index in [-0.39, 0.29) is 28.8 Å². The lowest BCUT2D eigenvalue weighted by Crippen LogP contribution is -2.49. The molecular weight excluding hydrogens is 566 g/mol. The molecular formula is C38H53NO4S. The number of rotatable bonds is 18. The summed E-state index contributed by atoms with van der Waals surface area (Å²) in [6.07, 6.45) is 18.7. The van der Waals surface area contributed by atoms with Crippen molar-refractivity contribution in [1.82, 2.24) is 4.90 Å². The predicted octanol–water partition coefficient (Wildman–Crippen LogP) is 9.49. The lowest BCUT2D eigenvalue weighted by molar-refractivity contribution is -0.168. The van der Waals surface area contributed by atoms with Gasteiger partial charge < -0.3 is 14.2 Å². The highest BCUT2D eigenvalue weighted by Gasteiger charge is 2.57. The molecule has 4 rings (SSSR count). The first-order chi connectivity index (χ1) is 21.4. The van der Waals surface area contributed by atoms with Crippen molar-refractivity contribution >= 4 is 23.3 Å². The molecule has 240 valence electrons.